The van der Waals surface area contributed by atoms with E-state index in [1.54, 1.807) is 0 Å². The van der Waals surface area contributed by atoms with Gasteiger partial charge in [0.05, 0.1) is 25.7 Å². The van der Waals surface area contributed by atoms with Gasteiger partial charge < -0.3 is 29.4 Å². The van der Waals surface area contributed by atoms with E-state index in [4.69, 9.17) is 36.4 Å². The Labute approximate surface area is 218 Å². The van der Waals surface area contributed by atoms with Crippen LogP contribution in [-0.2, 0) is 34.0 Å². The highest BCUT2D eigenvalue weighted by Gasteiger charge is 2.40. The lowest BCUT2D eigenvalue weighted by atomic mass is 9.96. The fraction of sp³-hybridized carbons (Fsp3) is 0.360. The zero-order valence-electron chi connectivity index (χ0n) is 20.3. The number of aromatic nitrogens is 2. The molecule has 2 heterocycles. The molecule has 12 heteroatoms. The van der Waals surface area contributed by atoms with Crippen LogP contribution in [0.4, 0.5) is 0 Å². The SMILES string of the molecule is Cc1ccc(CN(CCCn2ccnc2)Cc2cccc(Cl)c2)o1.O=C(O)CC(O)(CC(=O)O)C(=O)O. The van der Waals surface area contributed by atoms with Crippen molar-refractivity contribution in [2.45, 2.75) is 51.4 Å². The van der Waals surface area contributed by atoms with Crippen LogP contribution in [0.3, 0.4) is 0 Å². The minimum Gasteiger partial charge on any atom is -0.481 e. The number of halogens is 1. The first-order valence-corrected chi connectivity index (χ1v) is 11.7. The summed E-state index contributed by atoms with van der Waals surface area (Å²) in [4.78, 5) is 37.0. The summed E-state index contributed by atoms with van der Waals surface area (Å²) in [6.45, 7) is 5.56. The predicted octanol–water partition coefficient (Wildman–Crippen LogP) is 3.28. The highest BCUT2D eigenvalue weighted by Crippen LogP contribution is 2.17. The van der Waals surface area contributed by atoms with Crippen LogP contribution in [0.2, 0.25) is 5.02 Å². The summed E-state index contributed by atoms with van der Waals surface area (Å²) in [6, 6.07) is 12.1. The quantitative estimate of drug-likeness (QED) is 0.255. The molecule has 2 aromatic heterocycles. The van der Waals surface area contributed by atoms with Crippen LogP contribution in [0, 0.1) is 6.92 Å². The van der Waals surface area contributed by atoms with Crippen molar-refractivity contribution in [1.82, 2.24) is 14.5 Å². The molecule has 0 fully saturated rings. The van der Waals surface area contributed by atoms with Crippen LogP contribution in [0.15, 0.2) is 59.5 Å². The second-order valence-corrected chi connectivity index (χ2v) is 8.92. The third kappa shape index (κ3) is 10.9. The Morgan fingerprint density at radius 3 is 2.30 bits per heavy atom. The molecule has 3 rings (SSSR count). The molecule has 11 nitrogen and oxygen atoms in total. The average Bonchev–Trinajstić information content (AvgIpc) is 3.44. The number of aliphatic carboxylic acids is 3. The van der Waals surface area contributed by atoms with Crippen molar-refractivity contribution in [3.8, 4) is 0 Å². The molecule has 200 valence electrons. The fourth-order valence-electron chi connectivity index (χ4n) is 3.51. The van der Waals surface area contributed by atoms with Crippen LogP contribution in [0.1, 0.15) is 36.3 Å². The minimum absolute atomic E-state index is 0.778. The molecule has 0 aliphatic rings. The fourth-order valence-corrected chi connectivity index (χ4v) is 3.72. The van der Waals surface area contributed by atoms with E-state index >= 15 is 0 Å². The zero-order valence-corrected chi connectivity index (χ0v) is 21.0. The van der Waals surface area contributed by atoms with Gasteiger partial charge in [0.2, 0.25) is 0 Å². The van der Waals surface area contributed by atoms with E-state index < -0.39 is 36.4 Å². The largest absolute Gasteiger partial charge is 0.481 e. The zero-order chi connectivity index (χ0) is 27.4. The number of benzene rings is 1. The number of aliphatic hydroxyl groups is 1. The maximum atomic E-state index is 10.3. The number of nitrogens with zero attached hydrogens (tertiary/aromatic N) is 3. The molecule has 0 saturated carbocycles. The van der Waals surface area contributed by atoms with Gasteiger partial charge in [0.1, 0.15) is 11.5 Å². The number of imidazole rings is 1. The number of carboxylic acid groups (broad SMARTS) is 3. The maximum absolute atomic E-state index is 10.3. The molecular weight excluding hydrogens is 506 g/mol. The second-order valence-electron chi connectivity index (χ2n) is 8.48. The number of furan rings is 1. The van der Waals surface area contributed by atoms with Crippen LogP contribution in [0.25, 0.3) is 0 Å². The summed E-state index contributed by atoms with van der Waals surface area (Å²) in [5.41, 5.74) is -1.52. The third-order valence-electron chi connectivity index (χ3n) is 5.21. The van der Waals surface area contributed by atoms with Crippen LogP contribution in [0.5, 0.6) is 0 Å². The molecule has 0 spiro atoms. The molecule has 0 atom stereocenters. The Hall–Kier alpha value is -3.67. The van der Waals surface area contributed by atoms with Gasteiger partial charge in [0.25, 0.3) is 0 Å². The van der Waals surface area contributed by atoms with E-state index in [1.165, 1.54) is 5.56 Å². The third-order valence-corrected chi connectivity index (χ3v) is 5.44. The van der Waals surface area contributed by atoms with Crippen LogP contribution in [-0.4, -0.2) is 64.9 Å². The molecule has 0 saturated heterocycles. The number of carboxylic acids is 3. The molecule has 0 unspecified atom stereocenters. The summed E-state index contributed by atoms with van der Waals surface area (Å²) in [5.74, 6) is -3.07. The highest BCUT2D eigenvalue weighted by molar-refractivity contribution is 6.30. The van der Waals surface area contributed by atoms with Gasteiger partial charge in [-0.15, -0.1) is 0 Å². The van der Waals surface area contributed by atoms with Gasteiger partial charge in [0, 0.05) is 37.1 Å². The lowest BCUT2D eigenvalue weighted by Gasteiger charge is -2.21. The minimum atomic E-state index is -2.74. The van der Waals surface area contributed by atoms with Crippen molar-refractivity contribution < 1.29 is 39.2 Å². The summed E-state index contributed by atoms with van der Waals surface area (Å²) < 4.78 is 7.85. The van der Waals surface area contributed by atoms with Crippen molar-refractivity contribution in [3.05, 3.63) is 77.2 Å². The summed E-state index contributed by atoms with van der Waals surface area (Å²) in [7, 11) is 0. The van der Waals surface area contributed by atoms with E-state index in [0.717, 1.165) is 49.1 Å². The van der Waals surface area contributed by atoms with E-state index in [9.17, 15) is 14.4 Å². The average molecular weight is 536 g/mol. The van der Waals surface area contributed by atoms with Crippen molar-refractivity contribution in [3.63, 3.8) is 0 Å². The summed E-state index contributed by atoms with van der Waals surface area (Å²) >= 11 is 6.12. The van der Waals surface area contributed by atoms with Crippen molar-refractivity contribution in [2.75, 3.05) is 6.54 Å². The molecule has 0 radical (unpaired) electrons. The number of rotatable bonds is 13. The van der Waals surface area contributed by atoms with Gasteiger partial charge in [-0.2, -0.15) is 0 Å². The van der Waals surface area contributed by atoms with Gasteiger partial charge in [-0.25, -0.2) is 9.78 Å². The summed E-state index contributed by atoms with van der Waals surface area (Å²) in [5, 5.41) is 34.6. The van der Waals surface area contributed by atoms with Gasteiger partial charge in [-0.05, 0) is 43.2 Å². The van der Waals surface area contributed by atoms with Crippen molar-refractivity contribution in [2.24, 2.45) is 0 Å². The Morgan fingerprint density at radius 2 is 1.78 bits per heavy atom. The monoisotopic (exact) mass is 535 g/mol. The molecular formula is C25H30ClN3O8. The molecule has 37 heavy (non-hydrogen) atoms. The van der Waals surface area contributed by atoms with Gasteiger partial charge in [-0.3, -0.25) is 14.5 Å². The molecule has 0 amide bonds. The van der Waals surface area contributed by atoms with E-state index in [1.807, 2.05) is 49.9 Å². The van der Waals surface area contributed by atoms with Crippen molar-refractivity contribution in [1.29, 1.82) is 0 Å². The van der Waals surface area contributed by atoms with Crippen molar-refractivity contribution >= 4 is 29.5 Å². The lowest BCUT2D eigenvalue weighted by Crippen LogP contribution is -2.42. The highest BCUT2D eigenvalue weighted by atomic mass is 35.5. The van der Waals surface area contributed by atoms with Gasteiger partial charge >= 0.3 is 17.9 Å². The molecule has 1 aromatic carbocycles. The Kier molecular flexibility index (Phi) is 11.3. The first kappa shape index (κ1) is 29.6. The van der Waals surface area contributed by atoms with E-state index in [0.29, 0.717) is 0 Å². The first-order valence-electron chi connectivity index (χ1n) is 11.3. The Balaban J connectivity index is 0.000000317. The second kappa shape index (κ2) is 14.2. The molecule has 0 aliphatic heterocycles. The molecule has 0 bridgehead atoms. The number of carbonyl (C=O) groups is 3. The van der Waals surface area contributed by atoms with Gasteiger partial charge in [0.15, 0.2) is 5.60 Å². The standard InChI is InChI=1S/C19H22ClN3O.C6H8O7/c1-16-6-7-19(24-16)14-23(10-3-9-22-11-8-21-15-22)13-17-4-2-5-18(20)12-17;7-3(8)1-6(13,5(11)12)2-4(9)10/h2,4-8,11-12,15H,3,9-10,13-14H2,1H3;13H,1-2H2,(H,7,8)(H,9,10)(H,11,12). The number of hydrogen-bond donors (Lipinski definition) is 4. The first-order chi connectivity index (χ1) is 17.5. The van der Waals surface area contributed by atoms with E-state index in [2.05, 4.69) is 26.6 Å². The lowest BCUT2D eigenvalue weighted by molar-refractivity contribution is -0.170. The van der Waals surface area contributed by atoms with Crippen LogP contribution >= 0.6 is 11.6 Å². The predicted molar refractivity (Wildman–Crippen MR) is 133 cm³/mol. The summed E-state index contributed by atoms with van der Waals surface area (Å²) in [6.07, 6.45) is 4.43. The number of hydrogen-bond acceptors (Lipinski definition) is 7. The molecule has 3 aromatic rings. The van der Waals surface area contributed by atoms with E-state index in [-0.39, 0.29) is 0 Å². The Morgan fingerprint density at radius 1 is 1.08 bits per heavy atom. The molecule has 4 N–H and O–H groups in total. The normalized spacial score (nSPS) is 11.1. The Bertz CT molecular complexity index is 1150. The topological polar surface area (TPSA) is 166 Å². The number of aryl methyl sites for hydroxylation is 2. The smallest absolute Gasteiger partial charge is 0.336 e. The maximum Gasteiger partial charge on any atom is 0.336 e. The molecule has 0 aliphatic carbocycles. The van der Waals surface area contributed by atoms with Crippen LogP contribution < -0.4 is 0 Å². The van der Waals surface area contributed by atoms with Gasteiger partial charge in [-0.1, -0.05) is 23.7 Å².